The number of nitrogens with two attached hydrogens (primary N) is 1. The molecule has 1 aromatic rings. The minimum atomic E-state index is -4.31. The van der Waals surface area contributed by atoms with Crippen molar-refractivity contribution in [2.75, 3.05) is 0 Å². The molecule has 0 aliphatic heterocycles. The second kappa shape index (κ2) is 5.33. The van der Waals surface area contributed by atoms with E-state index in [1.54, 1.807) is 0 Å². The average Bonchev–Trinajstić information content (AvgIpc) is 2.24. The van der Waals surface area contributed by atoms with Crippen LogP contribution in [0.2, 0.25) is 0 Å². The van der Waals surface area contributed by atoms with E-state index in [0.29, 0.717) is 12.0 Å². The summed E-state index contributed by atoms with van der Waals surface area (Å²) in [6.45, 7) is 5.59. The van der Waals surface area contributed by atoms with Gasteiger partial charge < -0.3 is 0 Å². The van der Waals surface area contributed by atoms with Crippen molar-refractivity contribution in [3.05, 3.63) is 47.5 Å². The molecule has 17 heavy (non-hydrogen) atoms. The normalized spacial score (nSPS) is 13.5. The Morgan fingerprint density at radius 1 is 1.35 bits per heavy atom. The number of nitrogens with one attached hydrogen (secondary N) is 1. The number of alkyl halides is 3. The van der Waals surface area contributed by atoms with Crippen molar-refractivity contribution >= 4 is 0 Å². The maximum absolute atomic E-state index is 12.4. The predicted octanol–water partition coefficient (Wildman–Crippen LogP) is 3.18. The van der Waals surface area contributed by atoms with Crippen molar-refractivity contribution in [1.82, 2.24) is 5.43 Å². The smallest absolute Gasteiger partial charge is 0.271 e. The molecule has 5 heteroatoms. The zero-order valence-electron chi connectivity index (χ0n) is 9.51. The Bertz CT molecular complexity index is 382. The summed E-state index contributed by atoms with van der Waals surface area (Å²) < 4.78 is 37.1. The average molecular weight is 244 g/mol. The molecule has 0 aliphatic carbocycles. The Hall–Kier alpha value is -1.33. The summed E-state index contributed by atoms with van der Waals surface area (Å²) in [5, 5.41) is 0. The lowest BCUT2D eigenvalue weighted by atomic mass is 10.00. The van der Waals surface area contributed by atoms with Crippen molar-refractivity contribution in [2.45, 2.75) is 25.6 Å². The van der Waals surface area contributed by atoms with Crippen molar-refractivity contribution in [2.24, 2.45) is 5.84 Å². The molecule has 3 N–H and O–H groups in total. The molecule has 1 atom stereocenters. The molecule has 1 aromatic carbocycles. The summed E-state index contributed by atoms with van der Waals surface area (Å²) >= 11 is 0. The molecule has 0 aliphatic rings. The van der Waals surface area contributed by atoms with E-state index in [4.69, 9.17) is 5.84 Å². The van der Waals surface area contributed by atoms with Crippen molar-refractivity contribution in [3.63, 3.8) is 0 Å². The van der Waals surface area contributed by atoms with Gasteiger partial charge in [0.15, 0.2) is 0 Å². The molecule has 0 spiro atoms. The summed E-state index contributed by atoms with van der Waals surface area (Å²) in [5.41, 5.74) is 3.53. The maximum Gasteiger partial charge on any atom is 0.416 e. The maximum atomic E-state index is 12.4. The van der Waals surface area contributed by atoms with Crippen LogP contribution < -0.4 is 11.3 Å². The van der Waals surface area contributed by atoms with Gasteiger partial charge in [0.2, 0.25) is 0 Å². The van der Waals surface area contributed by atoms with E-state index in [2.05, 4.69) is 12.0 Å². The van der Waals surface area contributed by atoms with Crippen molar-refractivity contribution in [1.29, 1.82) is 0 Å². The first-order chi connectivity index (χ1) is 7.84. The highest BCUT2D eigenvalue weighted by molar-refractivity contribution is 5.27. The van der Waals surface area contributed by atoms with Gasteiger partial charge in [0, 0.05) is 6.04 Å². The first-order valence-corrected chi connectivity index (χ1v) is 5.12. The summed E-state index contributed by atoms with van der Waals surface area (Å²) in [6, 6.07) is 4.75. The summed E-state index contributed by atoms with van der Waals surface area (Å²) in [6.07, 6.45) is -3.72. The minimum absolute atomic E-state index is 0.213. The Morgan fingerprint density at radius 3 is 2.24 bits per heavy atom. The standard InChI is InChI=1S/C12H15F3N2/c1-8(2)7-11(17-16)9-3-5-10(6-4-9)12(13,14)15/h3-6,11,17H,1,7,16H2,2H3. The molecule has 2 nitrogen and oxygen atoms in total. The molecule has 0 saturated heterocycles. The quantitative estimate of drug-likeness (QED) is 0.485. The van der Waals surface area contributed by atoms with E-state index in [1.807, 2.05) is 6.92 Å². The van der Waals surface area contributed by atoms with Crippen LogP contribution in [0.1, 0.15) is 30.5 Å². The van der Waals surface area contributed by atoms with Crippen LogP contribution in [0.15, 0.2) is 36.4 Å². The lowest BCUT2D eigenvalue weighted by molar-refractivity contribution is -0.137. The summed E-state index contributed by atoms with van der Waals surface area (Å²) in [7, 11) is 0. The van der Waals surface area contributed by atoms with Gasteiger partial charge in [0.05, 0.1) is 5.56 Å². The zero-order chi connectivity index (χ0) is 13.1. The second-order valence-corrected chi connectivity index (χ2v) is 4.00. The van der Waals surface area contributed by atoms with E-state index in [9.17, 15) is 13.2 Å². The molecular weight excluding hydrogens is 229 g/mol. The number of hydrogen-bond donors (Lipinski definition) is 2. The van der Waals surface area contributed by atoms with E-state index in [-0.39, 0.29) is 6.04 Å². The lowest BCUT2D eigenvalue weighted by Crippen LogP contribution is -2.28. The molecule has 0 heterocycles. The molecule has 0 bridgehead atoms. The highest BCUT2D eigenvalue weighted by Gasteiger charge is 2.30. The summed E-state index contributed by atoms with van der Waals surface area (Å²) in [5.74, 6) is 5.36. The van der Waals surface area contributed by atoms with Gasteiger partial charge in [0.1, 0.15) is 0 Å². The van der Waals surface area contributed by atoms with Crippen LogP contribution >= 0.6 is 0 Å². The van der Waals surface area contributed by atoms with E-state index in [0.717, 1.165) is 17.7 Å². The van der Waals surface area contributed by atoms with Gasteiger partial charge >= 0.3 is 6.18 Å². The Labute approximate surface area is 98.3 Å². The third-order valence-corrected chi connectivity index (χ3v) is 2.39. The fraction of sp³-hybridized carbons (Fsp3) is 0.333. The van der Waals surface area contributed by atoms with Gasteiger partial charge in [-0.3, -0.25) is 11.3 Å². The number of halogens is 3. The van der Waals surface area contributed by atoms with Crippen LogP contribution in [0.4, 0.5) is 13.2 Å². The predicted molar refractivity (Wildman–Crippen MR) is 60.9 cm³/mol. The van der Waals surface area contributed by atoms with Crippen LogP contribution in [0.3, 0.4) is 0 Å². The highest BCUT2D eigenvalue weighted by atomic mass is 19.4. The fourth-order valence-corrected chi connectivity index (χ4v) is 1.53. The summed E-state index contributed by atoms with van der Waals surface area (Å²) in [4.78, 5) is 0. The van der Waals surface area contributed by atoms with Crippen LogP contribution in [0, 0.1) is 0 Å². The third-order valence-electron chi connectivity index (χ3n) is 2.39. The first kappa shape index (κ1) is 13.7. The van der Waals surface area contributed by atoms with Gasteiger partial charge in [-0.05, 0) is 31.0 Å². The van der Waals surface area contributed by atoms with Crippen LogP contribution in [0.5, 0.6) is 0 Å². The van der Waals surface area contributed by atoms with E-state index >= 15 is 0 Å². The molecule has 1 rings (SSSR count). The van der Waals surface area contributed by atoms with Crippen LogP contribution in [-0.2, 0) is 6.18 Å². The Balaban J connectivity index is 2.89. The number of benzene rings is 1. The Kier molecular flexibility index (Phi) is 4.31. The van der Waals surface area contributed by atoms with Gasteiger partial charge in [0.25, 0.3) is 0 Å². The number of hydrazine groups is 1. The van der Waals surface area contributed by atoms with E-state index in [1.165, 1.54) is 12.1 Å². The largest absolute Gasteiger partial charge is 0.416 e. The van der Waals surface area contributed by atoms with Gasteiger partial charge in [-0.15, -0.1) is 6.58 Å². The number of rotatable bonds is 4. The van der Waals surface area contributed by atoms with Crippen molar-refractivity contribution in [3.8, 4) is 0 Å². The molecule has 0 fully saturated rings. The van der Waals surface area contributed by atoms with Gasteiger partial charge in [-0.25, -0.2) is 0 Å². The van der Waals surface area contributed by atoms with Crippen molar-refractivity contribution < 1.29 is 13.2 Å². The second-order valence-electron chi connectivity index (χ2n) is 4.00. The molecule has 0 aromatic heterocycles. The van der Waals surface area contributed by atoms with Crippen LogP contribution in [0.25, 0.3) is 0 Å². The first-order valence-electron chi connectivity index (χ1n) is 5.12. The Morgan fingerprint density at radius 2 is 1.88 bits per heavy atom. The molecular formula is C12H15F3N2. The topological polar surface area (TPSA) is 38.0 Å². The highest BCUT2D eigenvalue weighted by Crippen LogP contribution is 2.30. The van der Waals surface area contributed by atoms with Gasteiger partial charge in [-0.1, -0.05) is 17.7 Å². The van der Waals surface area contributed by atoms with Gasteiger partial charge in [-0.2, -0.15) is 13.2 Å². The minimum Gasteiger partial charge on any atom is -0.271 e. The molecule has 94 valence electrons. The van der Waals surface area contributed by atoms with Crippen LogP contribution in [-0.4, -0.2) is 0 Å². The molecule has 1 unspecified atom stereocenters. The lowest BCUT2D eigenvalue weighted by Gasteiger charge is -2.17. The number of hydrogen-bond acceptors (Lipinski definition) is 2. The molecule has 0 radical (unpaired) electrons. The zero-order valence-corrected chi connectivity index (χ0v) is 9.51. The van der Waals surface area contributed by atoms with E-state index < -0.39 is 11.7 Å². The third kappa shape index (κ3) is 3.87. The monoisotopic (exact) mass is 244 g/mol. The molecule has 0 saturated carbocycles. The molecule has 0 amide bonds. The fourth-order valence-electron chi connectivity index (χ4n) is 1.53. The SMILES string of the molecule is C=C(C)CC(NN)c1ccc(C(F)(F)F)cc1.